The summed E-state index contributed by atoms with van der Waals surface area (Å²) in [6.07, 6.45) is 3.93. The molecule has 0 fully saturated rings. The predicted octanol–water partition coefficient (Wildman–Crippen LogP) is 1.89. The maximum atomic E-state index is 4.17. The zero-order valence-corrected chi connectivity index (χ0v) is 11.9. The van der Waals surface area contributed by atoms with E-state index >= 15 is 0 Å². The van der Waals surface area contributed by atoms with Crippen LogP contribution in [0.25, 0.3) is 0 Å². The Hall–Kier alpha value is -1.68. The molecule has 0 saturated carbocycles. The fourth-order valence-electron chi connectivity index (χ4n) is 2.35. The van der Waals surface area contributed by atoms with Crippen molar-refractivity contribution in [3.63, 3.8) is 0 Å². The fraction of sp³-hybridized carbons (Fsp3) is 0.467. The summed E-state index contributed by atoms with van der Waals surface area (Å²) < 4.78 is 1.76. The SMILES string of the molecule is CCNC(Cc1cn(C)nn1)Cc1ccccc1C. The van der Waals surface area contributed by atoms with E-state index in [9.17, 15) is 0 Å². The first-order chi connectivity index (χ1) is 9.19. The van der Waals surface area contributed by atoms with Crippen LogP contribution in [0.15, 0.2) is 30.5 Å². The molecule has 0 saturated heterocycles. The molecule has 1 atom stereocenters. The van der Waals surface area contributed by atoms with Gasteiger partial charge in [-0.05, 0) is 31.0 Å². The van der Waals surface area contributed by atoms with Gasteiger partial charge in [-0.1, -0.05) is 36.4 Å². The molecule has 0 spiro atoms. The number of hydrogen-bond donors (Lipinski definition) is 1. The normalized spacial score (nSPS) is 12.6. The molecule has 4 nitrogen and oxygen atoms in total. The molecule has 19 heavy (non-hydrogen) atoms. The topological polar surface area (TPSA) is 42.7 Å². The zero-order valence-electron chi connectivity index (χ0n) is 11.9. The van der Waals surface area contributed by atoms with Crippen molar-refractivity contribution in [1.29, 1.82) is 0 Å². The monoisotopic (exact) mass is 258 g/mol. The molecule has 1 unspecified atom stereocenters. The van der Waals surface area contributed by atoms with Gasteiger partial charge >= 0.3 is 0 Å². The number of likely N-dealkylation sites (N-methyl/N-ethyl adjacent to an activating group) is 1. The van der Waals surface area contributed by atoms with Crippen molar-refractivity contribution in [2.45, 2.75) is 32.7 Å². The lowest BCUT2D eigenvalue weighted by molar-refractivity contribution is 0.515. The lowest BCUT2D eigenvalue weighted by atomic mass is 9.98. The Balaban J connectivity index is 2.06. The van der Waals surface area contributed by atoms with Gasteiger partial charge in [0.05, 0.1) is 5.69 Å². The minimum Gasteiger partial charge on any atom is -0.314 e. The van der Waals surface area contributed by atoms with Crippen LogP contribution in [0.4, 0.5) is 0 Å². The van der Waals surface area contributed by atoms with Crippen molar-refractivity contribution in [3.05, 3.63) is 47.3 Å². The Morgan fingerprint density at radius 3 is 2.68 bits per heavy atom. The van der Waals surface area contributed by atoms with E-state index in [0.29, 0.717) is 6.04 Å². The fourth-order valence-corrected chi connectivity index (χ4v) is 2.35. The molecule has 0 radical (unpaired) electrons. The molecule has 1 aromatic heterocycles. The molecule has 2 aromatic rings. The summed E-state index contributed by atoms with van der Waals surface area (Å²) in [5.41, 5.74) is 3.80. The Morgan fingerprint density at radius 1 is 1.26 bits per heavy atom. The highest BCUT2D eigenvalue weighted by Gasteiger charge is 2.12. The predicted molar refractivity (Wildman–Crippen MR) is 77.1 cm³/mol. The molecule has 1 aromatic carbocycles. The van der Waals surface area contributed by atoms with Gasteiger partial charge in [0.25, 0.3) is 0 Å². The van der Waals surface area contributed by atoms with Gasteiger partial charge in [-0.2, -0.15) is 0 Å². The van der Waals surface area contributed by atoms with Gasteiger partial charge in [0.1, 0.15) is 0 Å². The molecular weight excluding hydrogens is 236 g/mol. The van der Waals surface area contributed by atoms with Crippen LogP contribution < -0.4 is 5.32 Å². The van der Waals surface area contributed by atoms with Gasteiger partial charge in [0, 0.05) is 25.7 Å². The average Bonchev–Trinajstić information content (AvgIpc) is 2.78. The number of aryl methyl sites for hydroxylation is 2. The molecule has 0 aliphatic carbocycles. The second-order valence-corrected chi connectivity index (χ2v) is 4.97. The minimum absolute atomic E-state index is 0.405. The minimum atomic E-state index is 0.405. The quantitative estimate of drug-likeness (QED) is 0.860. The summed E-state index contributed by atoms with van der Waals surface area (Å²) >= 11 is 0. The van der Waals surface area contributed by atoms with E-state index in [0.717, 1.165) is 25.1 Å². The largest absolute Gasteiger partial charge is 0.314 e. The summed E-state index contributed by atoms with van der Waals surface area (Å²) in [6.45, 7) is 5.28. The highest BCUT2D eigenvalue weighted by Crippen LogP contribution is 2.12. The molecule has 0 amide bonds. The molecule has 102 valence electrons. The Bertz CT molecular complexity index is 518. The highest BCUT2D eigenvalue weighted by atomic mass is 15.4. The van der Waals surface area contributed by atoms with Crippen molar-refractivity contribution in [2.75, 3.05) is 6.54 Å². The van der Waals surface area contributed by atoms with E-state index in [2.05, 4.69) is 53.7 Å². The standard InChI is InChI=1S/C15H22N4/c1-4-16-14(10-15-11-19(3)18-17-15)9-13-8-6-5-7-12(13)2/h5-8,11,14,16H,4,9-10H2,1-3H3. The molecule has 1 N–H and O–H groups in total. The van der Waals surface area contributed by atoms with Gasteiger partial charge in [0.2, 0.25) is 0 Å². The Morgan fingerprint density at radius 2 is 2.05 bits per heavy atom. The van der Waals surface area contributed by atoms with Crippen LogP contribution in [0, 0.1) is 6.92 Å². The van der Waals surface area contributed by atoms with Crippen molar-refractivity contribution in [1.82, 2.24) is 20.3 Å². The van der Waals surface area contributed by atoms with E-state index in [4.69, 9.17) is 0 Å². The van der Waals surface area contributed by atoms with Crippen LogP contribution >= 0.6 is 0 Å². The maximum absolute atomic E-state index is 4.17. The number of nitrogens with zero attached hydrogens (tertiary/aromatic N) is 3. The van der Waals surface area contributed by atoms with Crippen molar-refractivity contribution < 1.29 is 0 Å². The molecular formula is C15H22N4. The second-order valence-electron chi connectivity index (χ2n) is 4.97. The van der Waals surface area contributed by atoms with E-state index in [-0.39, 0.29) is 0 Å². The smallest absolute Gasteiger partial charge is 0.0842 e. The van der Waals surface area contributed by atoms with Crippen molar-refractivity contribution in [2.24, 2.45) is 7.05 Å². The van der Waals surface area contributed by atoms with E-state index in [1.54, 1.807) is 4.68 Å². The first kappa shape index (κ1) is 13.7. The lowest BCUT2D eigenvalue weighted by Gasteiger charge is -2.17. The highest BCUT2D eigenvalue weighted by molar-refractivity contribution is 5.26. The van der Waals surface area contributed by atoms with Crippen LogP contribution in [-0.4, -0.2) is 27.6 Å². The van der Waals surface area contributed by atoms with E-state index in [1.807, 2.05) is 13.2 Å². The number of hydrogen-bond acceptors (Lipinski definition) is 3. The third-order valence-corrected chi connectivity index (χ3v) is 3.33. The summed E-state index contributed by atoms with van der Waals surface area (Å²) in [4.78, 5) is 0. The van der Waals surface area contributed by atoms with Crippen LogP contribution in [-0.2, 0) is 19.9 Å². The molecule has 4 heteroatoms. The molecule has 2 rings (SSSR count). The first-order valence-electron chi connectivity index (χ1n) is 6.82. The number of aromatic nitrogens is 3. The first-order valence-corrected chi connectivity index (χ1v) is 6.82. The molecule has 0 aliphatic heterocycles. The Labute approximate surface area is 114 Å². The van der Waals surface area contributed by atoms with Crippen molar-refractivity contribution in [3.8, 4) is 0 Å². The van der Waals surface area contributed by atoms with E-state index in [1.165, 1.54) is 11.1 Å². The van der Waals surface area contributed by atoms with Crippen LogP contribution in [0.2, 0.25) is 0 Å². The summed E-state index contributed by atoms with van der Waals surface area (Å²) in [5, 5.41) is 11.7. The molecule has 0 aliphatic rings. The third-order valence-electron chi connectivity index (χ3n) is 3.33. The number of benzene rings is 1. The van der Waals surface area contributed by atoms with Gasteiger partial charge in [-0.25, -0.2) is 0 Å². The summed E-state index contributed by atoms with van der Waals surface area (Å²) in [6, 6.07) is 8.97. The second kappa shape index (κ2) is 6.48. The van der Waals surface area contributed by atoms with Crippen LogP contribution in [0.3, 0.4) is 0 Å². The van der Waals surface area contributed by atoms with Gasteiger partial charge in [-0.3, -0.25) is 4.68 Å². The third kappa shape index (κ3) is 3.89. The zero-order chi connectivity index (χ0) is 13.7. The van der Waals surface area contributed by atoms with Crippen LogP contribution in [0.5, 0.6) is 0 Å². The summed E-state index contributed by atoms with van der Waals surface area (Å²) in [5.74, 6) is 0. The average molecular weight is 258 g/mol. The molecule has 0 bridgehead atoms. The van der Waals surface area contributed by atoms with Crippen LogP contribution in [0.1, 0.15) is 23.7 Å². The van der Waals surface area contributed by atoms with Crippen molar-refractivity contribution >= 4 is 0 Å². The number of rotatable bonds is 6. The number of nitrogens with one attached hydrogen (secondary N) is 1. The van der Waals surface area contributed by atoms with Gasteiger partial charge < -0.3 is 5.32 Å². The maximum Gasteiger partial charge on any atom is 0.0842 e. The van der Waals surface area contributed by atoms with E-state index < -0.39 is 0 Å². The lowest BCUT2D eigenvalue weighted by Crippen LogP contribution is -2.33. The van der Waals surface area contributed by atoms with Gasteiger partial charge in [-0.15, -0.1) is 5.10 Å². The Kier molecular flexibility index (Phi) is 4.68. The molecule has 1 heterocycles. The van der Waals surface area contributed by atoms with Gasteiger partial charge in [0.15, 0.2) is 0 Å². The summed E-state index contributed by atoms with van der Waals surface area (Å²) in [7, 11) is 1.90.